The highest BCUT2D eigenvalue weighted by Gasteiger charge is 2.81. The molecule has 2 aliphatic heterocycles. The minimum Gasteiger partial charge on any atom is -0.481 e. The molecule has 8 aliphatic rings. The Labute approximate surface area is 406 Å². The van der Waals surface area contributed by atoms with E-state index in [1.807, 2.05) is 6.92 Å². The molecule has 6 aliphatic carbocycles. The van der Waals surface area contributed by atoms with Gasteiger partial charge in [-0.05, 0) is 128 Å². The lowest BCUT2D eigenvalue weighted by Gasteiger charge is -2.81. The summed E-state index contributed by atoms with van der Waals surface area (Å²) in [6.45, 7) is 9.74. The molecular formula is C52H82N4O13. The standard InChI is InChI=1S/C52H82N4O13/c1-6-27-19-50(45(66)67)17-16-46(2,24-58)20-33(50)31-10-15-51-12-7-13-52(27,31)48(51,4)14-11-36-47(3,25-59)42(69-44-41(64)40(63)35(60)23-68-44)39(62)32(49(36,51)5)18-29-30(22-57)43(65)56-38(29)28(8-9-37(53)61)34-21-54-26-55-34/h10,21,26-30,32-33,35-42,44,57-64H,6-9,11-20,22-25,53H2,1-5H3,(H,54,55)(H,56,65)(H,66,67)/t27-,28+,29+,30+,32+,33-,35+,36+,37-,38-,39+,40-,41+,42+,44-,46-,47-,48+,49-,50-,51-,52+/m0/s1. The molecule has 17 nitrogen and oxygen atoms in total. The molecular weight excluding hydrogens is 889 g/mol. The van der Waals surface area contributed by atoms with Crippen molar-refractivity contribution < 1.29 is 65.0 Å². The number of carboxylic acid groups (broad SMARTS) is 1. The van der Waals surface area contributed by atoms with Gasteiger partial charge in [0.05, 0.1) is 49.7 Å². The van der Waals surface area contributed by atoms with E-state index in [1.54, 1.807) is 12.5 Å². The fraction of sp³-hybridized carbons (Fsp3) is 0.865. The van der Waals surface area contributed by atoms with Crippen molar-refractivity contribution in [2.75, 3.05) is 26.4 Å². The van der Waals surface area contributed by atoms with Gasteiger partial charge in [-0.15, -0.1) is 0 Å². The number of hydrogen-bond donors (Lipinski definition) is 12. The fourth-order valence-corrected chi connectivity index (χ4v) is 18.6. The summed E-state index contributed by atoms with van der Waals surface area (Å²) in [7, 11) is 0. The molecule has 0 radical (unpaired) electrons. The summed E-state index contributed by atoms with van der Waals surface area (Å²) in [5.74, 6) is -4.17. The molecule has 13 N–H and O–H groups in total. The molecule has 22 atom stereocenters. The molecule has 3 heterocycles. The monoisotopic (exact) mass is 971 g/mol. The average Bonchev–Trinajstić information content (AvgIpc) is 3.96. The number of aromatic amines is 1. The molecule has 2 saturated heterocycles. The Morgan fingerprint density at radius 2 is 1.74 bits per heavy atom. The SMILES string of the molecule is CC[C@H]1C[C@@]2(C(=O)O)CC[C@](C)(CO)C[C@H]2C2=CC[C@@]34CCC[C@]21[C@]3(C)CC[C@@H]1[C@](C)(CO)[C@H](O[C@@H]2OC[C@@H](O)[C@H](O)[C@H]2O)[C@H](O)[C@@H](C[C@H]2[C@H]([C@H](CC[C@@H](N)O)c3cnc[nH]3)NC(=O)[C@@H]2CO)[C@@]14C. The topological polar surface area (TPSA) is 301 Å². The number of allylic oxidation sites excluding steroid dienone is 2. The predicted molar refractivity (Wildman–Crippen MR) is 250 cm³/mol. The zero-order valence-electron chi connectivity index (χ0n) is 41.3. The molecule has 1 spiro atoms. The fourth-order valence-electron chi connectivity index (χ4n) is 18.6. The van der Waals surface area contributed by atoms with Gasteiger partial charge in [0, 0.05) is 41.3 Å². The first-order chi connectivity index (χ1) is 32.6. The number of aromatic nitrogens is 2. The molecule has 5 saturated carbocycles. The van der Waals surface area contributed by atoms with E-state index in [1.165, 1.54) is 5.57 Å². The van der Waals surface area contributed by atoms with Gasteiger partial charge in [-0.3, -0.25) is 9.59 Å². The summed E-state index contributed by atoms with van der Waals surface area (Å²) in [6, 6.07) is -0.587. The number of aliphatic carboxylic acids is 1. The minimum atomic E-state index is -1.67. The third kappa shape index (κ3) is 7.11. The largest absolute Gasteiger partial charge is 0.481 e. The summed E-state index contributed by atoms with van der Waals surface area (Å²) >= 11 is 0. The Morgan fingerprint density at radius 3 is 2.38 bits per heavy atom. The zero-order valence-corrected chi connectivity index (χ0v) is 41.3. The Balaban J connectivity index is 1.23. The minimum absolute atomic E-state index is 0.0228. The summed E-state index contributed by atoms with van der Waals surface area (Å²) < 4.78 is 12.6. The van der Waals surface area contributed by atoms with Crippen molar-refractivity contribution in [2.24, 2.45) is 79.1 Å². The smallest absolute Gasteiger partial charge is 0.310 e. The van der Waals surface area contributed by atoms with Crippen molar-refractivity contribution >= 4 is 11.9 Å². The van der Waals surface area contributed by atoms with Gasteiger partial charge >= 0.3 is 5.97 Å². The maximum Gasteiger partial charge on any atom is 0.310 e. The molecule has 69 heavy (non-hydrogen) atoms. The van der Waals surface area contributed by atoms with Crippen LogP contribution in [0.25, 0.3) is 0 Å². The van der Waals surface area contributed by atoms with Crippen LogP contribution in [0.3, 0.4) is 0 Å². The molecule has 0 unspecified atom stereocenters. The number of hydrogen-bond acceptors (Lipinski definition) is 14. The highest BCUT2D eigenvalue weighted by atomic mass is 16.7. The van der Waals surface area contributed by atoms with Gasteiger partial charge in [-0.25, -0.2) is 4.98 Å². The second-order valence-corrected chi connectivity index (χ2v) is 24.5. The molecule has 0 aromatic carbocycles. The van der Waals surface area contributed by atoms with E-state index in [9.17, 15) is 55.5 Å². The number of fused-ring (bicyclic) bond motifs is 3. The van der Waals surface area contributed by atoms with Crippen LogP contribution in [0.1, 0.15) is 136 Å². The first-order valence-corrected chi connectivity index (χ1v) is 26.1. The number of carbonyl (C=O) groups is 2. The first kappa shape index (κ1) is 51.4. The Hall–Kier alpha value is -2.55. The van der Waals surface area contributed by atoms with E-state index >= 15 is 0 Å². The first-order valence-electron chi connectivity index (χ1n) is 26.1. The van der Waals surface area contributed by atoms with E-state index in [0.29, 0.717) is 44.9 Å². The molecule has 1 aromatic heterocycles. The highest BCUT2D eigenvalue weighted by Crippen LogP contribution is 2.86. The van der Waals surface area contributed by atoms with E-state index in [4.69, 9.17) is 15.2 Å². The number of aliphatic hydroxyl groups excluding tert-OH is 8. The van der Waals surface area contributed by atoms with Gasteiger partial charge < -0.3 is 71.5 Å². The quantitative estimate of drug-likeness (QED) is 0.0725. The molecule has 1 aromatic rings. The highest BCUT2D eigenvalue weighted by molar-refractivity contribution is 5.82. The van der Waals surface area contributed by atoms with Crippen molar-refractivity contribution in [1.82, 2.24) is 15.3 Å². The van der Waals surface area contributed by atoms with Gasteiger partial charge in [0.1, 0.15) is 24.5 Å². The van der Waals surface area contributed by atoms with Gasteiger partial charge in [-0.2, -0.15) is 0 Å². The van der Waals surface area contributed by atoms with Crippen LogP contribution in [-0.4, -0.2) is 143 Å². The summed E-state index contributed by atoms with van der Waals surface area (Å²) in [5.41, 5.74) is 3.13. The molecule has 17 heteroatoms. The number of nitrogens with one attached hydrogen (secondary N) is 2. The number of amides is 1. The number of nitrogens with two attached hydrogens (primary N) is 1. The number of aliphatic hydroxyl groups is 8. The van der Waals surface area contributed by atoms with E-state index in [2.05, 4.69) is 49.1 Å². The van der Waals surface area contributed by atoms with E-state index < -0.39 is 130 Å². The second-order valence-electron chi connectivity index (χ2n) is 24.5. The van der Waals surface area contributed by atoms with Crippen molar-refractivity contribution in [2.45, 2.75) is 180 Å². The summed E-state index contributed by atoms with van der Waals surface area (Å²) in [5, 5.41) is 105. The zero-order chi connectivity index (χ0) is 49.9. The molecule has 1 amide bonds. The van der Waals surface area contributed by atoms with Crippen LogP contribution in [0.15, 0.2) is 24.2 Å². The third-order valence-electron chi connectivity index (χ3n) is 22.1. The number of H-pyrrole nitrogens is 1. The van der Waals surface area contributed by atoms with Crippen LogP contribution >= 0.6 is 0 Å². The maximum absolute atomic E-state index is 14.2. The van der Waals surface area contributed by atoms with E-state index in [-0.39, 0.29) is 49.7 Å². The van der Waals surface area contributed by atoms with Crippen LogP contribution in [0.4, 0.5) is 0 Å². The Bertz CT molecular complexity index is 2090. The summed E-state index contributed by atoms with van der Waals surface area (Å²) in [4.78, 5) is 35.5. The molecule has 2 bridgehead atoms. The maximum atomic E-state index is 14.2. The lowest BCUT2D eigenvalue weighted by molar-refractivity contribution is -0.361. The number of imidazole rings is 1. The number of carbonyl (C=O) groups excluding carboxylic acids is 1. The van der Waals surface area contributed by atoms with E-state index in [0.717, 1.165) is 37.8 Å². The predicted octanol–water partition coefficient (Wildman–Crippen LogP) is 2.69. The van der Waals surface area contributed by atoms with Crippen LogP contribution in [0.2, 0.25) is 0 Å². The second kappa shape index (κ2) is 18.1. The number of nitrogens with zero attached hydrogens (tertiary/aromatic N) is 1. The van der Waals surface area contributed by atoms with Crippen LogP contribution in [0, 0.1) is 73.4 Å². The van der Waals surface area contributed by atoms with Crippen molar-refractivity contribution in [3.8, 4) is 0 Å². The van der Waals surface area contributed by atoms with Gasteiger partial charge in [0.15, 0.2) is 6.29 Å². The third-order valence-corrected chi connectivity index (χ3v) is 22.1. The normalized spacial score (nSPS) is 50.1. The lowest BCUT2D eigenvalue weighted by Crippen LogP contribution is -2.78. The van der Waals surface area contributed by atoms with Crippen LogP contribution in [-0.2, 0) is 19.1 Å². The number of ether oxygens (including phenoxy) is 2. The number of carboxylic acids is 1. The van der Waals surface area contributed by atoms with Crippen molar-refractivity contribution in [3.63, 3.8) is 0 Å². The van der Waals surface area contributed by atoms with Gasteiger partial charge in [0.2, 0.25) is 5.91 Å². The van der Waals surface area contributed by atoms with Gasteiger partial charge in [0.25, 0.3) is 0 Å². The van der Waals surface area contributed by atoms with Crippen LogP contribution in [0.5, 0.6) is 0 Å². The van der Waals surface area contributed by atoms with Crippen molar-refractivity contribution in [3.05, 3.63) is 29.9 Å². The Kier molecular flexibility index (Phi) is 13.5. The van der Waals surface area contributed by atoms with Crippen LogP contribution < -0.4 is 11.1 Å². The van der Waals surface area contributed by atoms with Crippen molar-refractivity contribution in [1.29, 1.82) is 0 Å². The molecule has 9 rings (SSSR count). The average molecular weight is 971 g/mol. The summed E-state index contributed by atoms with van der Waals surface area (Å²) in [6.07, 6.45) is 4.27. The number of rotatable bonds is 14. The molecule has 7 fully saturated rings. The van der Waals surface area contributed by atoms with Gasteiger partial charge in [-0.1, -0.05) is 59.1 Å². The molecule has 388 valence electrons. The Morgan fingerprint density at radius 1 is 0.986 bits per heavy atom. The lowest BCUT2D eigenvalue weighted by atomic mass is 9.23.